The molecule has 3 saturated carbocycles. The second kappa shape index (κ2) is 11.2. The average molecular weight is 500 g/mol. The number of aliphatic carboxylic acids is 1. The molecule has 0 aliphatic heterocycles. The molecule has 4 rings (SSSR count). The zero-order chi connectivity index (χ0) is 26.1. The molecule has 4 nitrogen and oxygen atoms in total. The molecule has 4 aliphatic rings. The highest BCUT2D eigenvalue weighted by molar-refractivity contribution is 5.81. The minimum Gasteiger partial charge on any atom is -0.481 e. The predicted molar refractivity (Wildman–Crippen MR) is 147 cm³/mol. The molecular formula is C32H53NO3. The van der Waals surface area contributed by atoms with Crippen molar-refractivity contribution in [2.45, 2.75) is 131 Å². The Labute approximate surface area is 220 Å². The van der Waals surface area contributed by atoms with E-state index in [9.17, 15) is 9.59 Å². The molecule has 0 bridgehead atoms. The van der Waals surface area contributed by atoms with Gasteiger partial charge < -0.3 is 10.0 Å². The second-order valence-electron chi connectivity index (χ2n) is 13.7. The Morgan fingerprint density at radius 2 is 1.83 bits per heavy atom. The zero-order valence-corrected chi connectivity index (χ0v) is 23.9. The van der Waals surface area contributed by atoms with Crippen molar-refractivity contribution < 1.29 is 14.7 Å². The number of fused-ring (bicyclic) bond motifs is 5. The number of amides is 1. The number of carboxylic acids is 1. The predicted octanol–water partition coefficient (Wildman–Crippen LogP) is 7.86. The summed E-state index contributed by atoms with van der Waals surface area (Å²) >= 11 is 0. The molecule has 7 atom stereocenters. The number of hydrogen-bond acceptors (Lipinski definition) is 2. The highest BCUT2D eigenvalue weighted by Crippen LogP contribution is 2.66. The highest BCUT2D eigenvalue weighted by atomic mass is 16.4. The van der Waals surface area contributed by atoms with E-state index < -0.39 is 5.97 Å². The minimum atomic E-state index is -0.884. The van der Waals surface area contributed by atoms with Crippen LogP contribution in [0.1, 0.15) is 125 Å². The first-order valence-corrected chi connectivity index (χ1v) is 15.3. The van der Waals surface area contributed by atoms with E-state index in [0.717, 1.165) is 42.4 Å². The Morgan fingerprint density at radius 1 is 1.06 bits per heavy atom. The van der Waals surface area contributed by atoms with Gasteiger partial charge in [0.1, 0.15) is 0 Å². The van der Waals surface area contributed by atoms with E-state index in [0.29, 0.717) is 17.4 Å². The third-order valence-electron chi connectivity index (χ3n) is 11.5. The largest absolute Gasteiger partial charge is 0.481 e. The lowest BCUT2D eigenvalue weighted by Gasteiger charge is -2.58. The Morgan fingerprint density at radius 3 is 2.53 bits per heavy atom. The highest BCUT2D eigenvalue weighted by Gasteiger charge is 2.58. The first kappa shape index (κ1) is 27.7. The van der Waals surface area contributed by atoms with E-state index in [4.69, 9.17) is 5.11 Å². The van der Waals surface area contributed by atoms with Crippen LogP contribution in [0.5, 0.6) is 0 Å². The SMILES string of the molecule is CCN(C(=O)CCC(=O)O)C1CCC2(C)C(=CCC3C2CCC2(C)C(CCCCC(C)C)CCC32)C1. The zero-order valence-electron chi connectivity index (χ0n) is 23.9. The molecule has 0 aromatic rings. The van der Waals surface area contributed by atoms with Gasteiger partial charge in [0.2, 0.25) is 5.91 Å². The first-order chi connectivity index (χ1) is 17.1. The van der Waals surface area contributed by atoms with Gasteiger partial charge in [-0.2, -0.15) is 0 Å². The van der Waals surface area contributed by atoms with Crippen molar-refractivity contribution in [3.8, 4) is 0 Å². The molecule has 0 spiro atoms. The number of carboxylic acid groups (broad SMARTS) is 1. The van der Waals surface area contributed by atoms with Crippen molar-refractivity contribution in [3.63, 3.8) is 0 Å². The van der Waals surface area contributed by atoms with Gasteiger partial charge in [-0.15, -0.1) is 0 Å². The Bertz CT molecular complexity index is 833. The van der Waals surface area contributed by atoms with Gasteiger partial charge in [-0.25, -0.2) is 0 Å². The molecule has 3 fully saturated rings. The quantitative estimate of drug-likeness (QED) is 0.246. The van der Waals surface area contributed by atoms with E-state index in [2.05, 4.69) is 33.8 Å². The number of rotatable bonds is 10. The molecular weight excluding hydrogens is 446 g/mol. The van der Waals surface area contributed by atoms with Crippen LogP contribution in [0.3, 0.4) is 0 Å². The average Bonchev–Trinajstić information content (AvgIpc) is 3.17. The van der Waals surface area contributed by atoms with E-state index in [1.54, 1.807) is 5.57 Å². The lowest BCUT2D eigenvalue weighted by molar-refractivity contribution is -0.142. The molecule has 0 heterocycles. The fourth-order valence-corrected chi connectivity index (χ4v) is 9.43. The summed E-state index contributed by atoms with van der Waals surface area (Å²) in [7, 11) is 0. The van der Waals surface area contributed by atoms with Gasteiger partial charge in [0.25, 0.3) is 0 Å². The van der Waals surface area contributed by atoms with E-state index in [1.807, 2.05) is 11.8 Å². The van der Waals surface area contributed by atoms with Crippen molar-refractivity contribution in [1.29, 1.82) is 0 Å². The number of carbonyl (C=O) groups is 2. The topological polar surface area (TPSA) is 57.6 Å². The van der Waals surface area contributed by atoms with Gasteiger partial charge >= 0.3 is 5.97 Å². The maximum atomic E-state index is 12.8. The van der Waals surface area contributed by atoms with Crippen LogP contribution < -0.4 is 0 Å². The summed E-state index contributed by atoms with van der Waals surface area (Å²) < 4.78 is 0. The first-order valence-electron chi connectivity index (χ1n) is 15.3. The third kappa shape index (κ3) is 5.30. The molecule has 0 aromatic heterocycles. The van der Waals surface area contributed by atoms with Crippen LogP contribution in [-0.2, 0) is 9.59 Å². The summed E-state index contributed by atoms with van der Waals surface area (Å²) in [6.07, 6.45) is 18.5. The van der Waals surface area contributed by atoms with Crippen LogP contribution in [0.25, 0.3) is 0 Å². The van der Waals surface area contributed by atoms with Gasteiger partial charge in [-0.1, -0.05) is 58.6 Å². The number of hydrogen-bond donors (Lipinski definition) is 1. The van der Waals surface area contributed by atoms with Crippen LogP contribution in [0.4, 0.5) is 0 Å². The summed E-state index contributed by atoms with van der Waals surface area (Å²) in [6, 6.07) is 0.239. The van der Waals surface area contributed by atoms with Crippen LogP contribution in [-0.4, -0.2) is 34.5 Å². The monoisotopic (exact) mass is 499 g/mol. The Kier molecular flexibility index (Phi) is 8.62. The van der Waals surface area contributed by atoms with Crippen molar-refractivity contribution >= 4 is 11.9 Å². The van der Waals surface area contributed by atoms with Crippen molar-refractivity contribution in [2.75, 3.05) is 6.54 Å². The molecule has 7 unspecified atom stereocenters. The van der Waals surface area contributed by atoms with Crippen LogP contribution in [0.15, 0.2) is 11.6 Å². The lowest BCUT2D eigenvalue weighted by Crippen LogP contribution is -2.52. The molecule has 0 radical (unpaired) electrons. The number of unbranched alkanes of at least 4 members (excludes halogenated alkanes) is 1. The third-order valence-corrected chi connectivity index (χ3v) is 11.5. The van der Waals surface area contributed by atoms with Crippen molar-refractivity contribution in [2.24, 2.45) is 40.4 Å². The number of allylic oxidation sites excluding steroid dienone is 1. The van der Waals surface area contributed by atoms with Gasteiger partial charge in [0.15, 0.2) is 0 Å². The van der Waals surface area contributed by atoms with Gasteiger partial charge in [-0.05, 0) is 105 Å². The maximum absolute atomic E-state index is 12.8. The van der Waals surface area contributed by atoms with Gasteiger partial charge in [0.05, 0.1) is 6.42 Å². The molecule has 204 valence electrons. The fraction of sp³-hybridized carbons (Fsp3) is 0.875. The maximum Gasteiger partial charge on any atom is 0.303 e. The summed E-state index contributed by atoms with van der Waals surface area (Å²) in [5.74, 6) is 3.43. The number of nitrogens with zero attached hydrogens (tertiary/aromatic N) is 1. The summed E-state index contributed by atoms with van der Waals surface area (Å²) in [6.45, 7) is 12.6. The van der Waals surface area contributed by atoms with Crippen molar-refractivity contribution in [1.82, 2.24) is 4.90 Å². The second-order valence-corrected chi connectivity index (χ2v) is 13.7. The molecule has 1 N–H and O–H groups in total. The minimum absolute atomic E-state index is 0.0154. The summed E-state index contributed by atoms with van der Waals surface area (Å²) in [4.78, 5) is 25.8. The summed E-state index contributed by atoms with van der Waals surface area (Å²) in [5, 5.41) is 9.02. The molecule has 0 saturated heterocycles. The number of carbonyl (C=O) groups excluding carboxylic acids is 1. The molecule has 0 aromatic carbocycles. The molecule has 36 heavy (non-hydrogen) atoms. The summed E-state index contributed by atoms with van der Waals surface area (Å²) in [5.41, 5.74) is 2.45. The Hall–Kier alpha value is -1.32. The van der Waals surface area contributed by atoms with E-state index >= 15 is 0 Å². The van der Waals surface area contributed by atoms with Crippen LogP contribution in [0, 0.1) is 40.4 Å². The molecule has 4 heteroatoms. The van der Waals surface area contributed by atoms with Crippen LogP contribution in [0.2, 0.25) is 0 Å². The standard InChI is InChI=1S/C32H53NO3/c1-6-33(29(34)15-16-30(35)36)25-17-19-32(5)24(21-25)11-13-26-27-14-12-23(10-8-7-9-22(2)3)31(27,4)20-18-28(26)32/h11,22-23,25-28H,6-10,12-21H2,1-5H3,(H,35,36). The van der Waals surface area contributed by atoms with Crippen LogP contribution >= 0.6 is 0 Å². The normalized spacial score (nSPS) is 37.6. The van der Waals surface area contributed by atoms with Gasteiger partial charge in [0, 0.05) is 19.0 Å². The fourth-order valence-electron chi connectivity index (χ4n) is 9.43. The Balaban J connectivity index is 1.42. The molecule has 4 aliphatic carbocycles. The van der Waals surface area contributed by atoms with Crippen molar-refractivity contribution in [3.05, 3.63) is 11.6 Å². The lowest BCUT2D eigenvalue weighted by atomic mass is 9.47. The van der Waals surface area contributed by atoms with E-state index in [1.165, 1.54) is 64.2 Å². The smallest absolute Gasteiger partial charge is 0.303 e. The van der Waals surface area contributed by atoms with Gasteiger partial charge in [-0.3, -0.25) is 9.59 Å². The molecule has 1 amide bonds. The van der Waals surface area contributed by atoms with E-state index in [-0.39, 0.29) is 24.8 Å².